The molecular formula is C41H24Br4. The van der Waals surface area contributed by atoms with Gasteiger partial charge in [-0.25, -0.2) is 0 Å². The van der Waals surface area contributed by atoms with Crippen molar-refractivity contribution < 1.29 is 0 Å². The van der Waals surface area contributed by atoms with Crippen LogP contribution in [0.25, 0.3) is 60.5 Å². The van der Waals surface area contributed by atoms with Crippen LogP contribution in [0, 0.1) is 12.3 Å². The number of allylic oxidation sites excluding steroid dienone is 4. The maximum absolute atomic E-state index is 5.76. The summed E-state index contributed by atoms with van der Waals surface area (Å²) in [5.41, 5.74) is 14.4. The van der Waals surface area contributed by atoms with Gasteiger partial charge in [0, 0.05) is 0 Å². The number of benzene rings is 6. The predicted octanol–water partition coefficient (Wildman–Crippen LogP) is 13.2. The van der Waals surface area contributed by atoms with Gasteiger partial charge in [0.25, 0.3) is 0 Å². The van der Waals surface area contributed by atoms with E-state index in [2.05, 4.69) is 192 Å². The van der Waals surface area contributed by atoms with Crippen LogP contribution in [0.2, 0.25) is 0 Å². The molecule has 6 aromatic carbocycles. The summed E-state index contributed by atoms with van der Waals surface area (Å²) in [6.45, 7) is 2.09. The number of hydrogen-bond donors (Lipinski definition) is 0. The average molecular weight is 836 g/mol. The SMILES string of the molecule is C#C/C=C\C(=C/C)c1c2cc3c(cc2c(-c2ccccc2)c2cc4c(cc12)-c1ccccc1C4(Br)Br)-c1ccccc1C3(Br)Br. The summed E-state index contributed by atoms with van der Waals surface area (Å²) < 4.78 is -0.981. The van der Waals surface area contributed by atoms with Gasteiger partial charge in [-0.05, 0) is 132 Å². The van der Waals surface area contributed by atoms with Crippen LogP contribution in [0.1, 0.15) is 34.7 Å². The lowest BCUT2D eigenvalue weighted by Gasteiger charge is -2.23. The van der Waals surface area contributed by atoms with Crippen molar-refractivity contribution in [3.8, 4) is 45.7 Å². The molecule has 216 valence electrons. The first-order chi connectivity index (χ1) is 21.8. The predicted molar refractivity (Wildman–Crippen MR) is 207 cm³/mol. The number of hydrogen-bond acceptors (Lipinski definition) is 0. The molecule has 8 rings (SSSR count). The Labute approximate surface area is 296 Å². The Morgan fingerprint density at radius 3 is 1.67 bits per heavy atom. The third-order valence-corrected chi connectivity index (χ3v) is 12.6. The fourth-order valence-electron chi connectivity index (χ4n) is 7.24. The van der Waals surface area contributed by atoms with Crippen molar-refractivity contribution in [3.05, 3.63) is 149 Å². The molecular weight excluding hydrogens is 812 g/mol. The van der Waals surface area contributed by atoms with Crippen LogP contribution in [0.4, 0.5) is 0 Å². The number of rotatable bonds is 3. The van der Waals surface area contributed by atoms with Gasteiger partial charge in [-0.3, -0.25) is 0 Å². The van der Waals surface area contributed by atoms with E-state index in [0.29, 0.717) is 0 Å². The molecule has 45 heavy (non-hydrogen) atoms. The molecule has 0 aromatic heterocycles. The summed E-state index contributed by atoms with van der Waals surface area (Å²) in [4.78, 5) is 0. The normalized spacial score (nSPS) is 15.6. The molecule has 0 bridgehead atoms. The third-order valence-electron chi connectivity index (χ3n) is 9.20. The summed E-state index contributed by atoms with van der Waals surface area (Å²) >= 11 is 16.3. The highest BCUT2D eigenvalue weighted by atomic mass is 79.9. The molecule has 0 heterocycles. The minimum atomic E-state index is -0.494. The summed E-state index contributed by atoms with van der Waals surface area (Å²) in [6.07, 6.45) is 11.8. The molecule has 0 unspecified atom stereocenters. The van der Waals surface area contributed by atoms with E-state index in [1.807, 2.05) is 0 Å². The van der Waals surface area contributed by atoms with Gasteiger partial charge in [0.05, 0.1) is 0 Å². The summed E-state index contributed by atoms with van der Waals surface area (Å²) in [5.74, 6) is 2.72. The van der Waals surface area contributed by atoms with Gasteiger partial charge >= 0.3 is 0 Å². The van der Waals surface area contributed by atoms with Crippen LogP contribution in [0.5, 0.6) is 0 Å². The van der Waals surface area contributed by atoms with E-state index >= 15 is 0 Å². The van der Waals surface area contributed by atoms with Gasteiger partial charge in [0.2, 0.25) is 0 Å². The van der Waals surface area contributed by atoms with Gasteiger partial charge in [-0.1, -0.05) is 155 Å². The Balaban J connectivity index is 1.62. The smallest absolute Gasteiger partial charge is 0.115 e. The van der Waals surface area contributed by atoms with Crippen LogP contribution >= 0.6 is 63.7 Å². The van der Waals surface area contributed by atoms with E-state index in [9.17, 15) is 0 Å². The lowest BCUT2D eigenvalue weighted by atomic mass is 9.82. The fraction of sp³-hybridized carbons (Fsp3) is 0.0732. The highest BCUT2D eigenvalue weighted by Crippen LogP contribution is 2.60. The van der Waals surface area contributed by atoms with Gasteiger partial charge in [0.1, 0.15) is 6.47 Å². The average Bonchev–Trinajstić information content (AvgIpc) is 3.42. The lowest BCUT2D eigenvalue weighted by Crippen LogP contribution is -2.07. The molecule has 2 aliphatic carbocycles. The van der Waals surface area contributed by atoms with Gasteiger partial charge in [-0.2, -0.15) is 0 Å². The first-order valence-corrected chi connectivity index (χ1v) is 17.9. The quantitative estimate of drug-likeness (QED) is 0.0721. The van der Waals surface area contributed by atoms with Crippen molar-refractivity contribution in [2.45, 2.75) is 13.4 Å². The van der Waals surface area contributed by atoms with Crippen molar-refractivity contribution in [1.82, 2.24) is 0 Å². The van der Waals surface area contributed by atoms with Gasteiger partial charge < -0.3 is 0 Å². The number of halogens is 4. The van der Waals surface area contributed by atoms with E-state index < -0.39 is 6.47 Å². The summed E-state index contributed by atoms with van der Waals surface area (Å²) in [5, 5.41) is 4.77. The van der Waals surface area contributed by atoms with Crippen LogP contribution < -0.4 is 0 Å². The minimum Gasteiger partial charge on any atom is -0.115 e. The minimum absolute atomic E-state index is 0.488. The van der Waals surface area contributed by atoms with E-state index in [1.165, 1.54) is 82.7 Å². The lowest BCUT2D eigenvalue weighted by molar-refractivity contribution is 1.18. The summed E-state index contributed by atoms with van der Waals surface area (Å²) in [6, 6.07) is 37.6. The molecule has 0 radical (unpaired) electrons. The second-order valence-corrected chi connectivity index (χ2v) is 18.4. The van der Waals surface area contributed by atoms with Crippen LogP contribution in [0.15, 0.2) is 121 Å². The molecule has 0 atom stereocenters. The second kappa shape index (κ2) is 10.7. The monoisotopic (exact) mass is 832 g/mol. The molecule has 0 fully saturated rings. The van der Waals surface area contributed by atoms with Crippen molar-refractivity contribution in [2.75, 3.05) is 0 Å². The third kappa shape index (κ3) is 4.21. The molecule has 0 nitrogen and oxygen atoms in total. The van der Waals surface area contributed by atoms with Crippen LogP contribution in [-0.2, 0) is 6.47 Å². The van der Waals surface area contributed by atoms with E-state index in [-0.39, 0.29) is 0 Å². The van der Waals surface area contributed by atoms with E-state index in [1.54, 1.807) is 6.08 Å². The van der Waals surface area contributed by atoms with E-state index in [0.717, 1.165) is 5.57 Å². The first kappa shape index (κ1) is 29.2. The Bertz CT molecular complexity index is 2330. The molecule has 0 saturated heterocycles. The van der Waals surface area contributed by atoms with E-state index in [4.69, 9.17) is 6.42 Å². The number of fused-ring (bicyclic) bond motifs is 8. The Morgan fingerprint density at radius 2 is 1.09 bits per heavy atom. The molecule has 2 aliphatic rings. The van der Waals surface area contributed by atoms with Gasteiger partial charge in [0.15, 0.2) is 0 Å². The van der Waals surface area contributed by atoms with Crippen molar-refractivity contribution >= 4 is 90.8 Å². The van der Waals surface area contributed by atoms with Crippen molar-refractivity contribution in [2.24, 2.45) is 0 Å². The molecule has 0 spiro atoms. The zero-order chi connectivity index (χ0) is 31.1. The van der Waals surface area contributed by atoms with Crippen LogP contribution in [0.3, 0.4) is 0 Å². The Hall–Kier alpha value is -3.20. The van der Waals surface area contributed by atoms with Crippen molar-refractivity contribution in [3.63, 3.8) is 0 Å². The molecule has 4 heteroatoms. The highest BCUT2D eigenvalue weighted by molar-refractivity contribution is 9.25. The molecule has 6 aromatic rings. The zero-order valence-corrected chi connectivity index (χ0v) is 30.5. The molecule has 0 N–H and O–H groups in total. The first-order valence-electron chi connectivity index (χ1n) is 14.7. The maximum atomic E-state index is 5.76. The highest BCUT2D eigenvalue weighted by Gasteiger charge is 2.41. The zero-order valence-electron chi connectivity index (χ0n) is 24.1. The maximum Gasteiger partial charge on any atom is 0.131 e. The standard InChI is InChI=1S/C41H24Br4/c1-3-5-13-24(4-2)38-30-20-28-26-16-9-11-18-34(26)41(44,45)37(28)23-33(30)39(25-14-7-6-8-15-25)31-21-29-27-17-10-12-19-35(27)40(42,43)36(29)22-32(31)38/h1,4-23H,2H3/b13-5-,24-4+. The summed E-state index contributed by atoms with van der Waals surface area (Å²) in [7, 11) is 0. The molecule has 0 saturated carbocycles. The topological polar surface area (TPSA) is 0 Å². The molecule has 0 aliphatic heterocycles. The van der Waals surface area contributed by atoms with Crippen molar-refractivity contribution in [1.29, 1.82) is 0 Å². The molecule has 0 amide bonds. The van der Waals surface area contributed by atoms with Gasteiger partial charge in [-0.15, -0.1) is 6.42 Å². The number of terminal acetylenes is 1. The fourth-order valence-corrected chi connectivity index (χ4v) is 9.94. The Kier molecular flexibility index (Phi) is 6.93. The number of alkyl halides is 4. The van der Waals surface area contributed by atoms with Crippen LogP contribution in [-0.4, -0.2) is 0 Å². The largest absolute Gasteiger partial charge is 0.131 e. The second-order valence-electron chi connectivity index (χ2n) is 11.5. The Morgan fingerprint density at radius 1 is 0.600 bits per heavy atom.